The summed E-state index contributed by atoms with van der Waals surface area (Å²) in [6.07, 6.45) is 3.59. The van der Waals surface area contributed by atoms with Crippen LogP contribution in [0.3, 0.4) is 0 Å². The number of nitrogens with zero attached hydrogens (tertiary/aromatic N) is 4. The van der Waals surface area contributed by atoms with E-state index in [1.165, 1.54) is 21.9 Å². The summed E-state index contributed by atoms with van der Waals surface area (Å²) < 4.78 is 0. The lowest BCUT2D eigenvalue weighted by molar-refractivity contribution is 1.17. The second-order valence-electron chi connectivity index (χ2n) is 11.1. The van der Waals surface area contributed by atoms with E-state index in [0.29, 0.717) is 0 Å². The molecular formula is C40H26N4. The van der Waals surface area contributed by atoms with Gasteiger partial charge in [-0.05, 0) is 76.5 Å². The summed E-state index contributed by atoms with van der Waals surface area (Å²) in [4.78, 5) is 14.5. The van der Waals surface area contributed by atoms with Crippen LogP contribution in [0.4, 0.5) is 34.1 Å². The molecular weight excluding hydrogens is 536 g/mol. The van der Waals surface area contributed by atoms with Crippen molar-refractivity contribution < 1.29 is 0 Å². The topological polar surface area (TPSA) is 32.3 Å². The molecule has 0 atom stereocenters. The Morgan fingerprint density at radius 2 is 0.818 bits per heavy atom. The average Bonchev–Trinajstić information content (AvgIpc) is 3.11. The third kappa shape index (κ3) is 3.71. The lowest BCUT2D eigenvalue weighted by Crippen LogP contribution is -2.23. The zero-order valence-corrected chi connectivity index (χ0v) is 23.8. The number of fused-ring (bicyclic) bond motifs is 8. The van der Waals surface area contributed by atoms with E-state index in [-0.39, 0.29) is 0 Å². The van der Waals surface area contributed by atoms with Crippen LogP contribution in [0, 0.1) is 0 Å². The third-order valence-corrected chi connectivity index (χ3v) is 8.63. The Kier molecular flexibility index (Phi) is 5.47. The molecule has 9 rings (SSSR count). The van der Waals surface area contributed by atoms with Crippen LogP contribution in [-0.2, 0) is 0 Å². The van der Waals surface area contributed by atoms with E-state index >= 15 is 0 Å². The predicted octanol–water partition coefficient (Wildman–Crippen LogP) is 10.9. The van der Waals surface area contributed by atoms with E-state index in [9.17, 15) is 0 Å². The minimum atomic E-state index is 0.909. The van der Waals surface area contributed by atoms with Gasteiger partial charge in [-0.15, -0.1) is 0 Å². The van der Waals surface area contributed by atoms with Gasteiger partial charge in [0, 0.05) is 34.5 Å². The number of anilines is 6. The molecule has 0 aliphatic carbocycles. The van der Waals surface area contributed by atoms with Gasteiger partial charge >= 0.3 is 0 Å². The number of para-hydroxylation sites is 5. The van der Waals surface area contributed by atoms with E-state index < -0.39 is 0 Å². The van der Waals surface area contributed by atoms with Crippen molar-refractivity contribution in [2.24, 2.45) is 0 Å². The number of aromatic nitrogens is 2. The molecule has 4 nitrogen and oxygen atoms in total. The highest BCUT2D eigenvalue weighted by Crippen LogP contribution is 2.54. The summed E-state index contributed by atoms with van der Waals surface area (Å²) in [5.74, 6) is 0. The molecule has 0 saturated heterocycles. The first-order chi connectivity index (χ1) is 21.8. The van der Waals surface area contributed by atoms with E-state index in [4.69, 9.17) is 9.97 Å². The number of rotatable bonds is 3. The average molecular weight is 563 g/mol. The van der Waals surface area contributed by atoms with Crippen LogP contribution in [0.15, 0.2) is 158 Å². The molecule has 0 saturated carbocycles. The molecule has 0 fully saturated rings. The maximum absolute atomic E-state index is 4.90. The lowest BCUT2D eigenvalue weighted by Gasteiger charge is -2.40. The van der Waals surface area contributed by atoms with Crippen molar-refractivity contribution in [1.29, 1.82) is 0 Å². The van der Waals surface area contributed by atoms with Crippen molar-refractivity contribution in [3.8, 4) is 11.1 Å². The minimum absolute atomic E-state index is 0.909. The Hall–Kier alpha value is -6.00. The third-order valence-electron chi connectivity index (χ3n) is 8.63. The Bertz CT molecular complexity index is 2280. The largest absolute Gasteiger partial charge is 0.306 e. The lowest BCUT2D eigenvalue weighted by atomic mass is 9.95. The smallest absolute Gasteiger partial charge is 0.0972 e. The molecule has 206 valence electrons. The van der Waals surface area contributed by atoms with Gasteiger partial charge in [0.15, 0.2) is 0 Å². The molecule has 4 heteroatoms. The first-order valence-electron chi connectivity index (χ1n) is 14.8. The zero-order chi connectivity index (χ0) is 29.0. The summed E-state index contributed by atoms with van der Waals surface area (Å²) in [6.45, 7) is 0. The second-order valence-corrected chi connectivity index (χ2v) is 11.1. The van der Waals surface area contributed by atoms with Crippen molar-refractivity contribution in [3.63, 3.8) is 0 Å². The fourth-order valence-corrected chi connectivity index (χ4v) is 6.70. The van der Waals surface area contributed by atoms with Crippen molar-refractivity contribution in [1.82, 2.24) is 9.97 Å². The summed E-state index contributed by atoms with van der Waals surface area (Å²) >= 11 is 0. The van der Waals surface area contributed by atoms with Crippen LogP contribution < -0.4 is 9.80 Å². The minimum Gasteiger partial charge on any atom is -0.306 e. The Morgan fingerprint density at radius 1 is 0.341 bits per heavy atom. The van der Waals surface area contributed by atoms with Gasteiger partial charge in [0.05, 0.1) is 33.8 Å². The molecule has 1 aromatic heterocycles. The van der Waals surface area contributed by atoms with Gasteiger partial charge in [0.2, 0.25) is 0 Å². The number of benzene rings is 7. The molecule has 0 unspecified atom stereocenters. The maximum atomic E-state index is 4.90. The van der Waals surface area contributed by atoms with Gasteiger partial charge < -0.3 is 9.80 Å². The van der Waals surface area contributed by atoms with E-state index in [1.54, 1.807) is 12.4 Å². The first-order valence-corrected chi connectivity index (χ1v) is 14.8. The quantitative estimate of drug-likeness (QED) is 0.201. The molecule has 8 aromatic rings. The van der Waals surface area contributed by atoms with Crippen LogP contribution in [0.25, 0.3) is 43.7 Å². The van der Waals surface area contributed by atoms with Crippen molar-refractivity contribution >= 4 is 66.7 Å². The first kappa shape index (κ1) is 24.6. The van der Waals surface area contributed by atoms with Gasteiger partial charge in [0.1, 0.15) is 0 Å². The summed E-state index contributed by atoms with van der Waals surface area (Å²) in [7, 11) is 0. The highest BCUT2D eigenvalue weighted by Gasteiger charge is 2.30. The van der Waals surface area contributed by atoms with Crippen LogP contribution in [0.2, 0.25) is 0 Å². The standard InChI is InChI=1S/C40H26N4/c1-3-11-27(12-4-1)28-19-21-31-32-22-20-30(26-34(32)40-39(33(31)25-28)41-23-24-42-40)44-37-17-9-7-15-35(37)43(29-13-5-2-6-14-29)36-16-8-10-18-38(36)44/h1-26H. The number of hydrogen-bond acceptors (Lipinski definition) is 4. The van der Waals surface area contributed by atoms with Gasteiger partial charge in [-0.25, -0.2) is 0 Å². The predicted molar refractivity (Wildman–Crippen MR) is 183 cm³/mol. The van der Waals surface area contributed by atoms with Gasteiger partial charge in [0.25, 0.3) is 0 Å². The fourth-order valence-electron chi connectivity index (χ4n) is 6.70. The molecule has 0 spiro atoms. The van der Waals surface area contributed by atoms with E-state index in [1.807, 2.05) is 0 Å². The number of hydrogen-bond donors (Lipinski definition) is 0. The van der Waals surface area contributed by atoms with Gasteiger partial charge in [-0.2, -0.15) is 0 Å². The molecule has 0 amide bonds. The molecule has 2 heterocycles. The maximum Gasteiger partial charge on any atom is 0.0972 e. The zero-order valence-electron chi connectivity index (χ0n) is 23.8. The van der Waals surface area contributed by atoms with Crippen LogP contribution >= 0.6 is 0 Å². The highest BCUT2D eigenvalue weighted by molar-refractivity contribution is 6.24. The van der Waals surface area contributed by atoms with Crippen LogP contribution in [0.5, 0.6) is 0 Å². The van der Waals surface area contributed by atoms with Gasteiger partial charge in [-0.1, -0.05) is 91.0 Å². The van der Waals surface area contributed by atoms with E-state index in [0.717, 1.165) is 55.9 Å². The highest BCUT2D eigenvalue weighted by atomic mass is 15.3. The molecule has 7 aromatic carbocycles. The second kappa shape index (κ2) is 9.79. The molecule has 1 aliphatic rings. The fraction of sp³-hybridized carbons (Fsp3) is 0. The summed E-state index contributed by atoms with van der Waals surface area (Å²) in [6, 6.07) is 51.8. The van der Waals surface area contributed by atoms with E-state index in [2.05, 4.69) is 155 Å². The molecule has 0 bridgehead atoms. The summed E-state index contributed by atoms with van der Waals surface area (Å²) in [5, 5.41) is 4.54. The SMILES string of the molecule is c1ccc(-c2ccc3c4ccc(N5c6ccccc6N(c6ccccc6)c6ccccc65)cc4c4nccnc4c3c2)cc1. The van der Waals surface area contributed by atoms with Gasteiger partial charge in [-0.3, -0.25) is 9.97 Å². The van der Waals surface area contributed by atoms with Crippen molar-refractivity contribution in [3.05, 3.63) is 158 Å². The Balaban J connectivity index is 1.28. The van der Waals surface area contributed by atoms with Crippen molar-refractivity contribution in [2.45, 2.75) is 0 Å². The van der Waals surface area contributed by atoms with Crippen LogP contribution in [-0.4, -0.2) is 9.97 Å². The van der Waals surface area contributed by atoms with Crippen LogP contribution in [0.1, 0.15) is 0 Å². The molecule has 1 aliphatic heterocycles. The molecule has 0 N–H and O–H groups in total. The van der Waals surface area contributed by atoms with Crippen molar-refractivity contribution in [2.75, 3.05) is 9.80 Å². The summed E-state index contributed by atoms with van der Waals surface area (Å²) in [5.41, 5.74) is 10.9. The normalized spacial score (nSPS) is 12.5. The Morgan fingerprint density at radius 3 is 1.41 bits per heavy atom. The monoisotopic (exact) mass is 562 g/mol. The Labute approximate surface area is 255 Å². The molecule has 0 radical (unpaired) electrons. The molecule has 44 heavy (non-hydrogen) atoms.